The maximum absolute atomic E-state index is 15.5. The molecule has 0 amide bonds. The third-order valence-corrected chi connectivity index (χ3v) is 6.34. The summed E-state index contributed by atoms with van der Waals surface area (Å²) in [6.45, 7) is 15.4. The van der Waals surface area contributed by atoms with Gasteiger partial charge in [0.25, 0.3) is 0 Å². The molecule has 4 rings (SSSR count). The fraction of sp³-hybridized carbons (Fsp3) is 0.182. The van der Waals surface area contributed by atoms with E-state index in [1.54, 1.807) is 19.1 Å². The van der Waals surface area contributed by atoms with Crippen LogP contribution in [0.15, 0.2) is 91.1 Å². The maximum Gasteiger partial charge on any atom is 0.338 e. The molecule has 0 fully saturated rings. The summed E-state index contributed by atoms with van der Waals surface area (Å²) in [5.41, 5.74) is 4.87. The van der Waals surface area contributed by atoms with Crippen LogP contribution in [-0.4, -0.2) is 24.0 Å². The molecule has 0 radical (unpaired) electrons. The molecule has 0 spiro atoms. The van der Waals surface area contributed by atoms with Crippen molar-refractivity contribution in [1.29, 1.82) is 0 Å². The van der Waals surface area contributed by atoms with Gasteiger partial charge in [0, 0.05) is 41.2 Å². The molecule has 204 valence electrons. The van der Waals surface area contributed by atoms with Crippen molar-refractivity contribution in [2.45, 2.75) is 39.7 Å². The van der Waals surface area contributed by atoms with Crippen molar-refractivity contribution in [3.8, 4) is 33.8 Å². The van der Waals surface area contributed by atoms with E-state index >= 15 is 4.39 Å². The fourth-order valence-corrected chi connectivity index (χ4v) is 4.25. The van der Waals surface area contributed by atoms with Crippen molar-refractivity contribution in [3.05, 3.63) is 108 Å². The van der Waals surface area contributed by atoms with Gasteiger partial charge in [0.1, 0.15) is 23.4 Å². The van der Waals surface area contributed by atoms with E-state index in [2.05, 4.69) is 19.7 Å². The molecule has 1 aliphatic rings. The standard InChI is InChI=1S/C33H29FO6/c1-18(2)31(35)38-26-12-22-8-7-21(11-24(22)13-26)23-9-10-29(30(34)16-23)25-14-27(39-32(36)19(3)4)17-28(15-25)40-33(37)20(5)6/h7-11,14-17,26H,1,3,5,12-13H2,2,4,6H3. The van der Waals surface area contributed by atoms with E-state index in [1.165, 1.54) is 38.1 Å². The van der Waals surface area contributed by atoms with Crippen molar-refractivity contribution in [2.24, 2.45) is 0 Å². The van der Waals surface area contributed by atoms with E-state index in [4.69, 9.17) is 14.2 Å². The molecule has 1 aliphatic carbocycles. The number of hydrogen-bond donors (Lipinski definition) is 0. The van der Waals surface area contributed by atoms with Crippen LogP contribution in [-0.2, 0) is 32.0 Å². The Morgan fingerprint density at radius 3 is 1.75 bits per heavy atom. The first-order valence-corrected chi connectivity index (χ1v) is 12.6. The summed E-state index contributed by atoms with van der Waals surface area (Å²) in [6, 6.07) is 15.0. The molecule has 7 heteroatoms. The highest BCUT2D eigenvalue weighted by atomic mass is 19.1. The normalized spacial score (nSPS) is 13.7. The Morgan fingerprint density at radius 1 is 0.675 bits per heavy atom. The van der Waals surface area contributed by atoms with Gasteiger partial charge in [-0.1, -0.05) is 50.1 Å². The van der Waals surface area contributed by atoms with Gasteiger partial charge in [0.15, 0.2) is 0 Å². The third-order valence-electron chi connectivity index (χ3n) is 6.34. The van der Waals surface area contributed by atoms with Gasteiger partial charge in [-0.05, 0) is 66.8 Å². The Balaban J connectivity index is 1.63. The summed E-state index contributed by atoms with van der Waals surface area (Å²) in [5, 5.41) is 0. The van der Waals surface area contributed by atoms with E-state index in [-0.39, 0.29) is 34.3 Å². The number of hydrogen-bond acceptors (Lipinski definition) is 6. The van der Waals surface area contributed by atoms with Crippen molar-refractivity contribution < 1.29 is 33.0 Å². The zero-order valence-corrected chi connectivity index (χ0v) is 22.6. The van der Waals surface area contributed by atoms with Crippen LogP contribution >= 0.6 is 0 Å². The van der Waals surface area contributed by atoms with Gasteiger partial charge in [-0.2, -0.15) is 0 Å². The Kier molecular flexibility index (Phi) is 8.14. The van der Waals surface area contributed by atoms with Gasteiger partial charge in [-0.25, -0.2) is 18.8 Å². The molecule has 0 heterocycles. The van der Waals surface area contributed by atoms with Gasteiger partial charge in [0.2, 0.25) is 0 Å². The van der Waals surface area contributed by atoms with E-state index in [0.717, 1.165) is 16.7 Å². The Morgan fingerprint density at radius 2 is 1.20 bits per heavy atom. The zero-order chi connectivity index (χ0) is 29.1. The van der Waals surface area contributed by atoms with E-state index < -0.39 is 23.7 Å². The smallest absolute Gasteiger partial charge is 0.338 e. The molecule has 6 nitrogen and oxygen atoms in total. The Labute approximate surface area is 232 Å². The lowest BCUT2D eigenvalue weighted by molar-refractivity contribution is -0.143. The summed E-state index contributed by atoms with van der Waals surface area (Å²) < 4.78 is 31.7. The predicted molar refractivity (Wildman–Crippen MR) is 150 cm³/mol. The number of esters is 3. The average Bonchev–Trinajstić information content (AvgIpc) is 3.29. The molecule has 0 aromatic heterocycles. The summed E-state index contributed by atoms with van der Waals surface area (Å²) in [7, 11) is 0. The molecule has 3 aromatic carbocycles. The van der Waals surface area contributed by atoms with Crippen LogP contribution in [0.4, 0.5) is 4.39 Å². The van der Waals surface area contributed by atoms with Gasteiger partial charge in [-0.15, -0.1) is 0 Å². The highest BCUT2D eigenvalue weighted by Crippen LogP contribution is 2.35. The molecule has 1 atom stereocenters. The summed E-state index contributed by atoms with van der Waals surface area (Å²) >= 11 is 0. The molecule has 40 heavy (non-hydrogen) atoms. The topological polar surface area (TPSA) is 78.9 Å². The lowest BCUT2D eigenvalue weighted by Crippen LogP contribution is -2.18. The molecule has 0 bridgehead atoms. The molecule has 1 unspecified atom stereocenters. The lowest BCUT2D eigenvalue weighted by atomic mass is 9.97. The summed E-state index contributed by atoms with van der Waals surface area (Å²) in [5.74, 6) is -2.13. The second-order valence-corrected chi connectivity index (χ2v) is 9.93. The van der Waals surface area contributed by atoms with Crippen molar-refractivity contribution in [3.63, 3.8) is 0 Å². The monoisotopic (exact) mass is 540 g/mol. The highest BCUT2D eigenvalue weighted by molar-refractivity contribution is 5.90. The van der Waals surface area contributed by atoms with Crippen LogP contribution < -0.4 is 9.47 Å². The number of rotatable bonds is 8. The van der Waals surface area contributed by atoms with Gasteiger partial charge < -0.3 is 14.2 Å². The molecular formula is C33H29FO6. The summed E-state index contributed by atoms with van der Waals surface area (Å²) in [4.78, 5) is 36.1. The van der Waals surface area contributed by atoms with Crippen molar-refractivity contribution >= 4 is 17.9 Å². The number of fused-ring (bicyclic) bond motifs is 1. The second-order valence-electron chi connectivity index (χ2n) is 9.93. The minimum Gasteiger partial charge on any atom is -0.458 e. The highest BCUT2D eigenvalue weighted by Gasteiger charge is 2.25. The first-order chi connectivity index (χ1) is 18.9. The SMILES string of the molecule is C=C(C)C(=O)Oc1cc(OC(=O)C(=C)C)cc(-c2ccc(-c3ccc4c(c3)CC(OC(=O)C(=C)C)C4)cc2F)c1. The number of ether oxygens (including phenoxy) is 3. The number of halogens is 1. The molecule has 3 aromatic rings. The second kappa shape index (κ2) is 11.5. The number of benzene rings is 3. The van der Waals surface area contributed by atoms with E-state index in [1.807, 2.05) is 18.2 Å². The quantitative estimate of drug-likeness (QED) is 0.180. The molecule has 0 aliphatic heterocycles. The Hall–Kier alpha value is -4.78. The van der Waals surface area contributed by atoms with Crippen LogP contribution in [0.5, 0.6) is 11.5 Å². The number of carbonyl (C=O) groups is 3. The van der Waals surface area contributed by atoms with Gasteiger partial charge in [0.05, 0.1) is 0 Å². The average molecular weight is 541 g/mol. The lowest BCUT2D eigenvalue weighted by Gasteiger charge is -2.13. The van der Waals surface area contributed by atoms with Crippen LogP contribution in [0, 0.1) is 5.82 Å². The van der Waals surface area contributed by atoms with Crippen molar-refractivity contribution in [1.82, 2.24) is 0 Å². The third kappa shape index (κ3) is 6.43. The Bertz CT molecular complexity index is 1540. The summed E-state index contributed by atoms with van der Waals surface area (Å²) in [6.07, 6.45) is 0.935. The van der Waals surface area contributed by atoms with Crippen LogP contribution in [0.1, 0.15) is 31.9 Å². The maximum atomic E-state index is 15.5. The first-order valence-electron chi connectivity index (χ1n) is 12.6. The van der Waals surface area contributed by atoms with Crippen molar-refractivity contribution in [2.75, 3.05) is 0 Å². The van der Waals surface area contributed by atoms with Gasteiger partial charge >= 0.3 is 17.9 Å². The predicted octanol–water partition coefficient (Wildman–Crippen LogP) is 6.71. The van der Waals surface area contributed by atoms with Crippen LogP contribution in [0.25, 0.3) is 22.3 Å². The molecule has 0 N–H and O–H groups in total. The molecule has 0 saturated heterocycles. The first kappa shape index (κ1) is 28.2. The minimum atomic E-state index is -0.668. The van der Waals surface area contributed by atoms with Crippen LogP contribution in [0.2, 0.25) is 0 Å². The minimum absolute atomic E-state index is 0.0685. The largest absolute Gasteiger partial charge is 0.458 e. The van der Waals surface area contributed by atoms with Gasteiger partial charge in [-0.3, -0.25) is 0 Å². The fourth-order valence-electron chi connectivity index (χ4n) is 4.25. The molecular weight excluding hydrogens is 511 g/mol. The molecule has 0 saturated carbocycles. The van der Waals surface area contributed by atoms with Crippen LogP contribution in [0.3, 0.4) is 0 Å². The van der Waals surface area contributed by atoms with E-state index in [0.29, 0.717) is 29.5 Å². The van der Waals surface area contributed by atoms with E-state index in [9.17, 15) is 14.4 Å². The number of carbonyl (C=O) groups excluding carboxylic acids is 3. The zero-order valence-electron chi connectivity index (χ0n) is 22.6.